The van der Waals surface area contributed by atoms with Crippen LogP contribution in [0.2, 0.25) is 0 Å². The van der Waals surface area contributed by atoms with Crippen molar-refractivity contribution in [2.24, 2.45) is 0 Å². The van der Waals surface area contributed by atoms with Crippen molar-refractivity contribution >= 4 is 11.5 Å². The lowest BCUT2D eigenvalue weighted by Gasteiger charge is -2.12. The van der Waals surface area contributed by atoms with E-state index in [4.69, 9.17) is 0 Å². The predicted molar refractivity (Wildman–Crippen MR) is 108 cm³/mol. The van der Waals surface area contributed by atoms with E-state index >= 15 is 0 Å². The van der Waals surface area contributed by atoms with Gasteiger partial charge in [-0.3, -0.25) is 9.97 Å². The van der Waals surface area contributed by atoms with E-state index in [-0.39, 0.29) is 5.69 Å². The standard InChI is InChI=1S/C22H17F2N5/c1-14-2-3-17(27-21-5-4-19(22(23)24)28-29-21)13-18(14)16-8-11-26-20(12-16)15-6-9-25-10-7-15/h2-13,22H,1H3,(H,27,29). The van der Waals surface area contributed by atoms with Crippen molar-refractivity contribution in [3.05, 3.63) is 84.4 Å². The van der Waals surface area contributed by atoms with E-state index in [0.717, 1.165) is 33.6 Å². The summed E-state index contributed by atoms with van der Waals surface area (Å²) < 4.78 is 25.3. The van der Waals surface area contributed by atoms with Gasteiger partial charge in [-0.25, -0.2) is 8.78 Å². The van der Waals surface area contributed by atoms with Crippen LogP contribution in [-0.2, 0) is 0 Å². The smallest absolute Gasteiger partial charge is 0.282 e. The third kappa shape index (κ3) is 4.24. The number of aromatic nitrogens is 4. The van der Waals surface area contributed by atoms with Gasteiger partial charge in [0, 0.05) is 29.8 Å². The maximum atomic E-state index is 12.6. The fraction of sp³-hybridized carbons (Fsp3) is 0.0909. The quantitative estimate of drug-likeness (QED) is 0.482. The molecule has 3 heterocycles. The van der Waals surface area contributed by atoms with E-state index in [9.17, 15) is 8.78 Å². The first kappa shape index (κ1) is 18.6. The van der Waals surface area contributed by atoms with Gasteiger partial charge in [0.2, 0.25) is 0 Å². The molecule has 3 aromatic heterocycles. The Morgan fingerprint density at radius 1 is 0.828 bits per heavy atom. The fourth-order valence-corrected chi connectivity index (χ4v) is 2.96. The minimum Gasteiger partial charge on any atom is -0.339 e. The van der Waals surface area contributed by atoms with Gasteiger partial charge in [-0.1, -0.05) is 6.07 Å². The molecular formula is C22H17F2N5. The molecule has 144 valence electrons. The summed E-state index contributed by atoms with van der Waals surface area (Å²) in [7, 11) is 0. The van der Waals surface area contributed by atoms with E-state index in [0.29, 0.717) is 5.82 Å². The third-order valence-corrected chi connectivity index (χ3v) is 4.47. The van der Waals surface area contributed by atoms with Crippen LogP contribution in [-0.4, -0.2) is 20.2 Å². The van der Waals surface area contributed by atoms with Crippen LogP contribution >= 0.6 is 0 Å². The van der Waals surface area contributed by atoms with Crippen LogP contribution in [0, 0.1) is 6.92 Å². The monoisotopic (exact) mass is 389 g/mol. The lowest BCUT2D eigenvalue weighted by molar-refractivity contribution is 0.145. The zero-order valence-electron chi connectivity index (χ0n) is 15.6. The van der Waals surface area contributed by atoms with Crippen LogP contribution in [0.5, 0.6) is 0 Å². The molecule has 4 rings (SSSR count). The van der Waals surface area contributed by atoms with Gasteiger partial charge >= 0.3 is 0 Å². The Labute approximate surface area is 166 Å². The first-order chi connectivity index (χ1) is 14.1. The summed E-state index contributed by atoms with van der Waals surface area (Å²) >= 11 is 0. The van der Waals surface area contributed by atoms with Crippen LogP contribution in [0.15, 0.2) is 73.2 Å². The normalized spacial score (nSPS) is 10.9. The SMILES string of the molecule is Cc1ccc(Nc2ccc(C(F)F)nn2)cc1-c1ccnc(-c2ccncc2)c1. The molecule has 0 fully saturated rings. The summed E-state index contributed by atoms with van der Waals surface area (Å²) in [5.74, 6) is 0.399. The third-order valence-electron chi connectivity index (χ3n) is 4.47. The Kier molecular flexibility index (Phi) is 5.20. The van der Waals surface area contributed by atoms with Crippen LogP contribution < -0.4 is 5.32 Å². The number of hydrogen-bond acceptors (Lipinski definition) is 5. The highest BCUT2D eigenvalue weighted by molar-refractivity contribution is 5.76. The Balaban J connectivity index is 1.64. The number of pyridine rings is 2. The molecule has 0 aliphatic carbocycles. The zero-order chi connectivity index (χ0) is 20.2. The molecule has 0 amide bonds. The van der Waals surface area contributed by atoms with Crippen LogP contribution in [0.25, 0.3) is 22.4 Å². The second kappa shape index (κ2) is 8.10. The Bertz CT molecular complexity index is 1120. The predicted octanol–water partition coefficient (Wildman–Crippen LogP) is 5.59. The van der Waals surface area contributed by atoms with Crippen LogP contribution in [0.4, 0.5) is 20.3 Å². The molecule has 0 unspecified atom stereocenters. The Morgan fingerprint density at radius 3 is 2.34 bits per heavy atom. The maximum Gasteiger partial charge on any atom is 0.282 e. The number of halogens is 2. The molecule has 0 bridgehead atoms. The van der Waals surface area contributed by atoms with E-state index in [1.165, 1.54) is 12.1 Å². The van der Waals surface area contributed by atoms with Gasteiger partial charge in [0.05, 0.1) is 5.69 Å². The van der Waals surface area contributed by atoms with Crippen molar-refractivity contribution in [3.63, 3.8) is 0 Å². The highest BCUT2D eigenvalue weighted by Gasteiger charge is 2.10. The van der Waals surface area contributed by atoms with Gasteiger partial charge in [-0.2, -0.15) is 0 Å². The molecule has 7 heteroatoms. The summed E-state index contributed by atoms with van der Waals surface area (Å²) in [5, 5.41) is 10.5. The van der Waals surface area contributed by atoms with Crippen molar-refractivity contribution in [1.29, 1.82) is 0 Å². The summed E-state index contributed by atoms with van der Waals surface area (Å²) in [6.07, 6.45) is 2.61. The van der Waals surface area contributed by atoms with E-state index < -0.39 is 6.43 Å². The molecule has 0 atom stereocenters. The lowest BCUT2D eigenvalue weighted by Crippen LogP contribution is -1.99. The van der Waals surface area contributed by atoms with Gasteiger partial charge in [0.15, 0.2) is 5.82 Å². The van der Waals surface area contributed by atoms with Gasteiger partial charge in [0.1, 0.15) is 5.69 Å². The van der Waals surface area contributed by atoms with Crippen molar-refractivity contribution in [2.45, 2.75) is 13.3 Å². The van der Waals surface area contributed by atoms with Crippen molar-refractivity contribution in [3.8, 4) is 22.4 Å². The molecule has 0 radical (unpaired) electrons. The molecule has 1 N–H and O–H groups in total. The Morgan fingerprint density at radius 2 is 1.62 bits per heavy atom. The molecule has 5 nitrogen and oxygen atoms in total. The maximum absolute atomic E-state index is 12.6. The number of alkyl halides is 2. The minimum atomic E-state index is -2.64. The second-order valence-corrected chi connectivity index (χ2v) is 6.46. The molecule has 0 saturated carbocycles. The number of nitrogens with zero attached hydrogens (tertiary/aromatic N) is 4. The molecule has 4 aromatic rings. The molecular weight excluding hydrogens is 372 g/mol. The average Bonchev–Trinajstić information content (AvgIpc) is 2.76. The number of hydrogen-bond donors (Lipinski definition) is 1. The van der Waals surface area contributed by atoms with E-state index in [1.807, 2.05) is 49.4 Å². The first-order valence-electron chi connectivity index (χ1n) is 8.96. The number of rotatable bonds is 5. The minimum absolute atomic E-state index is 0.347. The zero-order valence-corrected chi connectivity index (χ0v) is 15.6. The van der Waals surface area contributed by atoms with E-state index in [1.54, 1.807) is 18.6 Å². The average molecular weight is 389 g/mol. The molecule has 0 saturated heterocycles. The molecule has 1 aromatic carbocycles. The van der Waals surface area contributed by atoms with Crippen molar-refractivity contribution in [1.82, 2.24) is 20.2 Å². The highest BCUT2D eigenvalue weighted by Crippen LogP contribution is 2.30. The van der Waals surface area contributed by atoms with Gasteiger partial charge < -0.3 is 5.32 Å². The largest absolute Gasteiger partial charge is 0.339 e. The fourth-order valence-electron chi connectivity index (χ4n) is 2.96. The summed E-state index contributed by atoms with van der Waals surface area (Å²) in [4.78, 5) is 8.50. The van der Waals surface area contributed by atoms with Crippen molar-refractivity contribution in [2.75, 3.05) is 5.32 Å². The number of benzene rings is 1. The van der Waals surface area contributed by atoms with Crippen molar-refractivity contribution < 1.29 is 8.78 Å². The second-order valence-electron chi connectivity index (χ2n) is 6.46. The van der Waals surface area contributed by atoms with Crippen LogP contribution in [0.3, 0.4) is 0 Å². The van der Waals surface area contributed by atoms with E-state index in [2.05, 4.69) is 25.5 Å². The molecule has 0 aliphatic heterocycles. The van der Waals surface area contributed by atoms with Gasteiger partial charge in [-0.15, -0.1) is 10.2 Å². The van der Waals surface area contributed by atoms with Gasteiger partial charge in [-0.05, 0) is 72.1 Å². The number of anilines is 2. The summed E-state index contributed by atoms with van der Waals surface area (Å²) in [5.41, 5.74) is 5.44. The highest BCUT2D eigenvalue weighted by atomic mass is 19.3. The lowest BCUT2D eigenvalue weighted by atomic mass is 9.99. The molecule has 0 spiro atoms. The number of aryl methyl sites for hydroxylation is 1. The molecule has 29 heavy (non-hydrogen) atoms. The number of nitrogens with one attached hydrogen (secondary N) is 1. The Hall–Kier alpha value is -3.74. The van der Waals surface area contributed by atoms with Gasteiger partial charge in [0.25, 0.3) is 6.43 Å². The summed E-state index contributed by atoms with van der Waals surface area (Å²) in [6, 6.07) is 16.5. The molecule has 0 aliphatic rings. The first-order valence-corrected chi connectivity index (χ1v) is 8.96. The topological polar surface area (TPSA) is 63.6 Å². The summed E-state index contributed by atoms with van der Waals surface area (Å²) in [6.45, 7) is 2.03. The van der Waals surface area contributed by atoms with Crippen LogP contribution in [0.1, 0.15) is 17.7 Å².